The maximum atomic E-state index is 12.7. The molecule has 2 heterocycles. The van der Waals surface area contributed by atoms with Gasteiger partial charge in [0.25, 0.3) is 0 Å². The standard InChI is InChI=1S/C21H23N5O2/c27-14-19-3-1-2-17(11-19)10-18-8-9-25(13-18)21(28)12-16-4-6-20(7-5-16)26-15-22-23-24-26/h1-7,11,15,18,27H,8-10,12-14H2. The van der Waals surface area contributed by atoms with Crippen molar-refractivity contribution in [3.8, 4) is 5.69 Å². The Balaban J connectivity index is 1.32. The van der Waals surface area contributed by atoms with Crippen LogP contribution in [0.15, 0.2) is 54.9 Å². The number of hydrogen-bond donors (Lipinski definition) is 1. The summed E-state index contributed by atoms with van der Waals surface area (Å²) in [6, 6.07) is 15.8. The van der Waals surface area contributed by atoms with Crippen LogP contribution in [-0.4, -0.2) is 49.2 Å². The molecule has 0 spiro atoms. The molecule has 1 unspecified atom stereocenters. The van der Waals surface area contributed by atoms with E-state index >= 15 is 0 Å². The van der Waals surface area contributed by atoms with E-state index in [0.717, 1.165) is 42.7 Å². The Bertz CT molecular complexity index is 924. The van der Waals surface area contributed by atoms with Gasteiger partial charge < -0.3 is 10.0 Å². The van der Waals surface area contributed by atoms with Crippen LogP contribution in [0.1, 0.15) is 23.1 Å². The monoisotopic (exact) mass is 377 g/mol. The van der Waals surface area contributed by atoms with E-state index < -0.39 is 0 Å². The lowest BCUT2D eigenvalue weighted by molar-refractivity contribution is -0.129. The van der Waals surface area contributed by atoms with Gasteiger partial charge in [0.2, 0.25) is 5.91 Å². The van der Waals surface area contributed by atoms with E-state index in [9.17, 15) is 9.90 Å². The van der Waals surface area contributed by atoms with Crippen LogP contribution < -0.4 is 0 Å². The highest BCUT2D eigenvalue weighted by Crippen LogP contribution is 2.22. The molecule has 1 saturated heterocycles. The van der Waals surface area contributed by atoms with Crippen LogP contribution >= 0.6 is 0 Å². The fourth-order valence-electron chi connectivity index (χ4n) is 3.75. The van der Waals surface area contributed by atoms with Crippen molar-refractivity contribution in [1.29, 1.82) is 0 Å². The average Bonchev–Trinajstić information content (AvgIpc) is 3.41. The molecule has 1 fully saturated rings. The van der Waals surface area contributed by atoms with Gasteiger partial charge in [0.15, 0.2) is 0 Å². The summed E-state index contributed by atoms with van der Waals surface area (Å²) in [4.78, 5) is 14.7. The maximum Gasteiger partial charge on any atom is 0.226 e. The third kappa shape index (κ3) is 4.26. The molecule has 0 bridgehead atoms. The normalized spacial score (nSPS) is 16.5. The number of aliphatic hydroxyl groups is 1. The Hall–Kier alpha value is -3.06. The maximum absolute atomic E-state index is 12.7. The van der Waals surface area contributed by atoms with E-state index in [1.807, 2.05) is 41.3 Å². The largest absolute Gasteiger partial charge is 0.392 e. The van der Waals surface area contributed by atoms with Crippen molar-refractivity contribution in [2.45, 2.75) is 25.9 Å². The highest BCUT2D eigenvalue weighted by Gasteiger charge is 2.26. The lowest BCUT2D eigenvalue weighted by atomic mass is 9.97. The van der Waals surface area contributed by atoms with Gasteiger partial charge in [-0.1, -0.05) is 36.4 Å². The number of benzene rings is 2. The summed E-state index contributed by atoms with van der Waals surface area (Å²) in [5, 5.41) is 20.4. The Morgan fingerprint density at radius 2 is 1.93 bits per heavy atom. The summed E-state index contributed by atoms with van der Waals surface area (Å²) in [5.74, 6) is 0.641. The van der Waals surface area contributed by atoms with Gasteiger partial charge in [0.05, 0.1) is 18.7 Å². The zero-order chi connectivity index (χ0) is 19.3. The summed E-state index contributed by atoms with van der Waals surface area (Å²) < 4.78 is 1.59. The molecule has 2 aromatic carbocycles. The zero-order valence-electron chi connectivity index (χ0n) is 15.6. The van der Waals surface area contributed by atoms with Gasteiger partial charge in [0, 0.05) is 13.1 Å². The second-order valence-electron chi connectivity index (χ2n) is 7.27. The van der Waals surface area contributed by atoms with Crippen molar-refractivity contribution >= 4 is 5.91 Å². The highest BCUT2D eigenvalue weighted by molar-refractivity contribution is 5.79. The minimum atomic E-state index is 0.0648. The Labute approximate surface area is 163 Å². The molecule has 1 atom stereocenters. The van der Waals surface area contributed by atoms with Crippen LogP contribution in [0.3, 0.4) is 0 Å². The topological polar surface area (TPSA) is 84.1 Å². The molecule has 4 rings (SSSR count). The average molecular weight is 377 g/mol. The van der Waals surface area contributed by atoms with E-state index in [-0.39, 0.29) is 12.5 Å². The molecule has 1 N–H and O–H groups in total. The molecule has 144 valence electrons. The number of aliphatic hydroxyl groups excluding tert-OH is 1. The minimum absolute atomic E-state index is 0.0648. The van der Waals surface area contributed by atoms with Crippen molar-refractivity contribution < 1.29 is 9.90 Å². The summed E-state index contributed by atoms with van der Waals surface area (Å²) in [6.07, 6.45) is 3.91. The van der Waals surface area contributed by atoms with Crippen LogP contribution in [0.5, 0.6) is 0 Å². The first-order valence-corrected chi connectivity index (χ1v) is 9.50. The van der Waals surface area contributed by atoms with E-state index in [4.69, 9.17) is 0 Å². The van der Waals surface area contributed by atoms with E-state index in [1.165, 1.54) is 5.56 Å². The first-order valence-electron chi connectivity index (χ1n) is 9.50. The summed E-state index contributed by atoms with van der Waals surface area (Å²) in [6.45, 7) is 1.67. The van der Waals surface area contributed by atoms with Crippen molar-refractivity contribution in [1.82, 2.24) is 25.1 Å². The van der Waals surface area contributed by atoms with Gasteiger partial charge in [-0.3, -0.25) is 4.79 Å². The van der Waals surface area contributed by atoms with E-state index in [1.54, 1.807) is 11.0 Å². The predicted molar refractivity (Wildman–Crippen MR) is 104 cm³/mol. The van der Waals surface area contributed by atoms with Crippen molar-refractivity contribution in [3.05, 3.63) is 71.5 Å². The van der Waals surface area contributed by atoms with Crippen LogP contribution in [-0.2, 0) is 24.2 Å². The van der Waals surface area contributed by atoms with Gasteiger partial charge >= 0.3 is 0 Å². The number of amides is 1. The first kappa shape index (κ1) is 18.3. The van der Waals surface area contributed by atoms with Gasteiger partial charge in [0.1, 0.15) is 6.33 Å². The van der Waals surface area contributed by atoms with Crippen molar-refractivity contribution in [2.75, 3.05) is 13.1 Å². The number of aromatic nitrogens is 4. The minimum Gasteiger partial charge on any atom is -0.392 e. The fraction of sp³-hybridized carbons (Fsp3) is 0.333. The van der Waals surface area contributed by atoms with Gasteiger partial charge in [-0.25, -0.2) is 4.68 Å². The number of likely N-dealkylation sites (tertiary alicyclic amines) is 1. The van der Waals surface area contributed by atoms with Gasteiger partial charge in [-0.2, -0.15) is 0 Å². The Morgan fingerprint density at radius 3 is 2.68 bits per heavy atom. The third-order valence-corrected chi connectivity index (χ3v) is 5.24. The predicted octanol–water partition coefficient (Wildman–Crippen LogP) is 1.79. The first-order chi connectivity index (χ1) is 13.7. The molecule has 1 aliphatic rings. The molecule has 1 aromatic heterocycles. The highest BCUT2D eigenvalue weighted by atomic mass is 16.3. The lowest BCUT2D eigenvalue weighted by Crippen LogP contribution is -2.30. The van der Waals surface area contributed by atoms with Crippen LogP contribution in [0.2, 0.25) is 0 Å². The molecule has 0 aliphatic carbocycles. The molecule has 1 aliphatic heterocycles. The molecule has 7 heteroatoms. The van der Waals surface area contributed by atoms with Crippen molar-refractivity contribution in [3.63, 3.8) is 0 Å². The lowest BCUT2D eigenvalue weighted by Gasteiger charge is -2.17. The SMILES string of the molecule is O=C(Cc1ccc(-n2cnnn2)cc1)N1CCC(Cc2cccc(CO)c2)C1. The molecular weight excluding hydrogens is 354 g/mol. The molecule has 1 amide bonds. The molecular formula is C21H23N5O2. The number of hydrogen-bond acceptors (Lipinski definition) is 5. The van der Waals surface area contributed by atoms with Gasteiger partial charge in [-0.05, 0) is 58.0 Å². The summed E-state index contributed by atoms with van der Waals surface area (Å²) in [7, 11) is 0. The quantitative estimate of drug-likeness (QED) is 0.708. The second kappa shape index (κ2) is 8.31. The number of tetrazole rings is 1. The smallest absolute Gasteiger partial charge is 0.226 e. The van der Waals surface area contributed by atoms with E-state index in [0.29, 0.717) is 12.3 Å². The number of carbonyl (C=O) groups is 1. The molecule has 0 saturated carbocycles. The number of rotatable bonds is 6. The summed E-state index contributed by atoms with van der Waals surface area (Å²) in [5.41, 5.74) is 4.02. The Kier molecular flexibility index (Phi) is 5.43. The van der Waals surface area contributed by atoms with Gasteiger partial charge in [-0.15, -0.1) is 5.10 Å². The number of carbonyl (C=O) groups excluding carboxylic acids is 1. The fourth-order valence-corrected chi connectivity index (χ4v) is 3.75. The van der Waals surface area contributed by atoms with Crippen LogP contribution in [0, 0.1) is 5.92 Å². The molecule has 0 radical (unpaired) electrons. The Morgan fingerprint density at radius 1 is 1.11 bits per heavy atom. The molecule has 3 aromatic rings. The zero-order valence-corrected chi connectivity index (χ0v) is 15.6. The summed E-state index contributed by atoms with van der Waals surface area (Å²) >= 11 is 0. The van der Waals surface area contributed by atoms with Crippen molar-refractivity contribution in [2.24, 2.45) is 5.92 Å². The second-order valence-corrected chi connectivity index (χ2v) is 7.27. The third-order valence-electron chi connectivity index (χ3n) is 5.24. The molecule has 28 heavy (non-hydrogen) atoms. The number of nitrogens with zero attached hydrogens (tertiary/aromatic N) is 5. The van der Waals surface area contributed by atoms with E-state index in [2.05, 4.69) is 27.7 Å². The van der Waals surface area contributed by atoms with Crippen LogP contribution in [0.4, 0.5) is 0 Å². The molecule has 7 nitrogen and oxygen atoms in total. The van der Waals surface area contributed by atoms with Crippen LogP contribution in [0.25, 0.3) is 5.69 Å².